The van der Waals surface area contributed by atoms with Crippen LogP contribution in [0.4, 0.5) is 5.82 Å². The molecule has 0 aliphatic rings. The van der Waals surface area contributed by atoms with E-state index in [1.54, 1.807) is 49.4 Å². The monoisotopic (exact) mass is 486 g/mol. The predicted molar refractivity (Wildman–Crippen MR) is 136 cm³/mol. The Hall–Kier alpha value is -4.53. The topological polar surface area (TPSA) is 126 Å². The van der Waals surface area contributed by atoms with Gasteiger partial charge in [-0.05, 0) is 30.5 Å². The van der Waals surface area contributed by atoms with Crippen molar-refractivity contribution in [2.75, 3.05) is 12.3 Å². The van der Waals surface area contributed by atoms with Crippen LogP contribution in [0.25, 0.3) is 10.9 Å². The van der Waals surface area contributed by atoms with E-state index >= 15 is 0 Å². The number of para-hydroxylation sites is 1. The summed E-state index contributed by atoms with van der Waals surface area (Å²) in [6.45, 7) is 3.08. The average Bonchev–Trinajstić information content (AvgIpc) is 2.89. The maximum absolute atomic E-state index is 13.1. The van der Waals surface area contributed by atoms with Crippen molar-refractivity contribution in [1.82, 2.24) is 14.1 Å². The largest absolute Gasteiger partial charge is 0.454 e. The van der Waals surface area contributed by atoms with Gasteiger partial charge in [-0.15, -0.1) is 0 Å². The van der Waals surface area contributed by atoms with Crippen molar-refractivity contribution in [3.05, 3.63) is 103 Å². The first-order chi connectivity index (χ1) is 17.2. The fourth-order valence-electron chi connectivity index (χ4n) is 4.20. The zero-order chi connectivity index (χ0) is 26.0. The summed E-state index contributed by atoms with van der Waals surface area (Å²) < 4.78 is 7.34. The summed E-state index contributed by atoms with van der Waals surface area (Å²) in [6.07, 6.45) is 0.616. The smallest absolute Gasteiger partial charge is 0.339 e. The quantitative estimate of drug-likeness (QED) is 0.314. The van der Waals surface area contributed by atoms with E-state index in [9.17, 15) is 19.2 Å². The second kappa shape index (κ2) is 9.99. The van der Waals surface area contributed by atoms with Crippen LogP contribution in [0.3, 0.4) is 0 Å². The van der Waals surface area contributed by atoms with Crippen LogP contribution in [0.1, 0.15) is 44.5 Å². The van der Waals surface area contributed by atoms with E-state index in [4.69, 9.17) is 10.5 Å². The van der Waals surface area contributed by atoms with E-state index in [1.165, 1.54) is 7.05 Å². The first kappa shape index (κ1) is 24.6. The number of anilines is 1. The molecular weight excluding hydrogens is 460 g/mol. The number of carbonyl (C=O) groups is 2. The summed E-state index contributed by atoms with van der Waals surface area (Å²) >= 11 is 0. The van der Waals surface area contributed by atoms with Gasteiger partial charge < -0.3 is 10.5 Å². The van der Waals surface area contributed by atoms with Crippen LogP contribution in [-0.4, -0.2) is 32.5 Å². The van der Waals surface area contributed by atoms with Crippen molar-refractivity contribution in [1.29, 1.82) is 0 Å². The number of esters is 1. The van der Waals surface area contributed by atoms with Gasteiger partial charge in [0, 0.05) is 18.1 Å². The molecule has 0 saturated heterocycles. The highest BCUT2D eigenvalue weighted by Crippen LogP contribution is 2.24. The van der Waals surface area contributed by atoms with Crippen molar-refractivity contribution >= 4 is 28.5 Å². The molecular formula is C27H26N4O5. The van der Waals surface area contributed by atoms with E-state index in [0.29, 0.717) is 28.5 Å². The second-order valence-electron chi connectivity index (χ2n) is 8.41. The zero-order valence-corrected chi connectivity index (χ0v) is 20.3. The number of ketones is 1. The summed E-state index contributed by atoms with van der Waals surface area (Å²) in [5, 5.41) is 0.608. The molecule has 9 heteroatoms. The molecule has 2 aromatic carbocycles. The molecule has 0 atom stereocenters. The number of Topliss-reactive ketones (excluding diaryl/α,β-unsaturated/α-hetero) is 1. The molecule has 36 heavy (non-hydrogen) atoms. The number of rotatable bonds is 7. The first-order valence-corrected chi connectivity index (χ1v) is 11.5. The number of benzene rings is 2. The summed E-state index contributed by atoms with van der Waals surface area (Å²) in [5.41, 5.74) is 7.39. The third-order valence-electron chi connectivity index (χ3n) is 6.16. The molecule has 0 unspecified atom stereocenters. The van der Waals surface area contributed by atoms with E-state index in [1.807, 2.05) is 19.1 Å². The number of hydrogen-bond donors (Lipinski definition) is 1. The maximum atomic E-state index is 13.1. The fourth-order valence-corrected chi connectivity index (χ4v) is 4.20. The highest BCUT2D eigenvalue weighted by Gasteiger charge is 2.24. The highest BCUT2D eigenvalue weighted by molar-refractivity contribution is 6.07. The number of fused-ring (bicyclic) bond motifs is 1. The van der Waals surface area contributed by atoms with Crippen LogP contribution in [-0.2, 0) is 24.8 Å². The highest BCUT2D eigenvalue weighted by atomic mass is 16.5. The summed E-state index contributed by atoms with van der Waals surface area (Å²) in [5.74, 6) is -1.77. The molecule has 2 N–H and O–H groups in total. The lowest BCUT2D eigenvalue weighted by molar-refractivity contribution is 0.0475. The number of hydrogen-bond acceptors (Lipinski definition) is 7. The van der Waals surface area contributed by atoms with Crippen LogP contribution in [0.2, 0.25) is 0 Å². The summed E-state index contributed by atoms with van der Waals surface area (Å²) in [7, 11) is 1.27. The molecule has 0 fully saturated rings. The molecule has 0 aliphatic heterocycles. The Kier molecular flexibility index (Phi) is 6.82. The Balaban J connectivity index is 1.66. The molecule has 0 amide bonds. The van der Waals surface area contributed by atoms with E-state index in [0.717, 1.165) is 20.4 Å². The van der Waals surface area contributed by atoms with Crippen LogP contribution >= 0.6 is 0 Å². The summed E-state index contributed by atoms with van der Waals surface area (Å²) in [4.78, 5) is 56.3. The third kappa shape index (κ3) is 4.43. The third-order valence-corrected chi connectivity index (χ3v) is 6.16. The number of aromatic nitrogens is 3. The number of ether oxygens (including phenoxy) is 1. The Labute approximate surface area is 206 Å². The SMILES string of the molecule is CCc1nc2ccccc2c(C(=O)OCC(=O)c2c(N)n(Cc3ccccc3)c(=O)n(C)c2=O)c1C. The van der Waals surface area contributed by atoms with E-state index in [2.05, 4.69) is 4.98 Å². The van der Waals surface area contributed by atoms with Gasteiger partial charge in [0.2, 0.25) is 5.78 Å². The van der Waals surface area contributed by atoms with Crippen molar-refractivity contribution in [3.63, 3.8) is 0 Å². The fraction of sp³-hybridized carbons (Fsp3) is 0.222. The minimum Gasteiger partial charge on any atom is -0.454 e. The number of nitrogens with two attached hydrogens (primary N) is 1. The molecule has 0 spiro atoms. The number of nitrogens with zero attached hydrogens (tertiary/aromatic N) is 3. The number of carbonyl (C=O) groups excluding carboxylic acids is 2. The van der Waals surface area contributed by atoms with Crippen molar-refractivity contribution in [3.8, 4) is 0 Å². The molecule has 2 heterocycles. The lowest BCUT2D eigenvalue weighted by Gasteiger charge is -2.15. The average molecular weight is 487 g/mol. The van der Waals surface area contributed by atoms with Crippen molar-refractivity contribution < 1.29 is 14.3 Å². The lowest BCUT2D eigenvalue weighted by Crippen LogP contribution is -2.43. The Morgan fingerprint density at radius 3 is 2.36 bits per heavy atom. The standard InChI is InChI=1S/C27H26N4O5/c1-4-19-16(2)22(18-12-8-9-13-20(18)29-19)26(34)36-15-21(32)23-24(28)31(27(35)30(3)25(23)33)14-17-10-6-5-7-11-17/h5-13H,4,14-15,28H2,1-3H3. The molecule has 9 nitrogen and oxygen atoms in total. The summed E-state index contributed by atoms with van der Waals surface area (Å²) in [6, 6.07) is 16.2. The van der Waals surface area contributed by atoms with Gasteiger partial charge in [0.15, 0.2) is 6.61 Å². The van der Waals surface area contributed by atoms with Gasteiger partial charge in [0.1, 0.15) is 11.4 Å². The molecule has 0 aliphatic carbocycles. The number of nitrogen functional groups attached to an aromatic ring is 1. The molecule has 4 rings (SSSR count). The maximum Gasteiger partial charge on any atom is 0.339 e. The van der Waals surface area contributed by atoms with Crippen LogP contribution < -0.4 is 17.0 Å². The Bertz CT molecular complexity index is 1600. The number of pyridine rings is 1. The van der Waals surface area contributed by atoms with Crippen LogP contribution in [0, 0.1) is 6.92 Å². The van der Waals surface area contributed by atoms with Gasteiger partial charge in [-0.1, -0.05) is 55.5 Å². The van der Waals surface area contributed by atoms with Gasteiger partial charge in [-0.2, -0.15) is 0 Å². The van der Waals surface area contributed by atoms with Gasteiger partial charge in [0.05, 0.1) is 17.6 Å². The Morgan fingerprint density at radius 1 is 1.00 bits per heavy atom. The molecule has 2 aromatic heterocycles. The molecule has 0 radical (unpaired) electrons. The molecule has 0 bridgehead atoms. The van der Waals surface area contributed by atoms with E-state index in [-0.39, 0.29) is 12.4 Å². The minimum atomic E-state index is -0.846. The van der Waals surface area contributed by atoms with Crippen LogP contribution in [0.5, 0.6) is 0 Å². The van der Waals surface area contributed by atoms with Crippen molar-refractivity contribution in [2.24, 2.45) is 7.05 Å². The van der Waals surface area contributed by atoms with E-state index < -0.39 is 35.2 Å². The lowest BCUT2D eigenvalue weighted by atomic mass is 10.0. The minimum absolute atomic E-state index is 0.0711. The normalized spacial score (nSPS) is 11.0. The first-order valence-electron chi connectivity index (χ1n) is 11.5. The molecule has 0 saturated carbocycles. The molecule has 184 valence electrons. The zero-order valence-electron chi connectivity index (χ0n) is 20.3. The van der Waals surface area contributed by atoms with Gasteiger partial charge in [-0.25, -0.2) is 9.59 Å². The predicted octanol–water partition coefficient (Wildman–Crippen LogP) is 2.64. The van der Waals surface area contributed by atoms with Crippen LogP contribution in [0.15, 0.2) is 64.2 Å². The van der Waals surface area contributed by atoms with Gasteiger partial charge in [-0.3, -0.25) is 23.7 Å². The van der Waals surface area contributed by atoms with Gasteiger partial charge >= 0.3 is 11.7 Å². The molecule has 4 aromatic rings. The van der Waals surface area contributed by atoms with Crippen molar-refractivity contribution in [2.45, 2.75) is 26.8 Å². The number of aryl methyl sites for hydroxylation is 1. The second-order valence-corrected chi connectivity index (χ2v) is 8.41. The Morgan fingerprint density at radius 2 is 1.67 bits per heavy atom. The van der Waals surface area contributed by atoms with Gasteiger partial charge in [0.25, 0.3) is 5.56 Å².